The normalized spacial score (nSPS) is 15.6. The number of sulfonamides is 1. The van der Waals surface area contributed by atoms with Crippen LogP contribution in [0.2, 0.25) is 5.02 Å². The first kappa shape index (κ1) is 22.2. The number of rotatable bonds is 5. The molecule has 3 aromatic rings. The molecule has 0 radical (unpaired) electrons. The van der Waals surface area contributed by atoms with E-state index in [9.17, 15) is 13.2 Å². The number of amides is 1. The minimum absolute atomic E-state index is 0.124. The zero-order valence-corrected chi connectivity index (χ0v) is 19.3. The van der Waals surface area contributed by atoms with Gasteiger partial charge in [-0.3, -0.25) is 9.10 Å². The molecule has 1 amide bonds. The maximum Gasteiger partial charge on any atom is 0.267 e. The fraction of sp³-hybridized carbons (Fsp3) is 0.208. The maximum atomic E-state index is 13.4. The van der Waals surface area contributed by atoms with Gasteiger partial charge in [0.15, 0.2) is 6.10 Å². The number of anilines is 2. The highest BCUT2D eigenvalue weighted by Crippen LogP contribution is 2.39. The highest BCUT2D eigenvalue weighted by Gasteiger charge is 2.38. The van der Waals surface area contributed by atoms with Crippen LogP contribution < -0.4 is 14.4 Å². The van der Waals surface area contributed by atoms with Gasteiger partial charge in [0.1, 0.15) is 5.75 Å². The maximum absolute atomic E-state index is 13.4. The van der Waals surface area contributed by atoms with Gasteiger partial charge in [0.2, 0.25) is 0 Å². The average molecular weight is 471 g/mol. The molecule has 1 heterocycles. The standard InChI is InChI=1S/C24H23ClN2O4S/c1-3-17-9-7-8-16(2)23(17)26-24(28)22-15-27(20-14-18(25)12-13-21(20)31-22)32(29,30)19-10-5-4-6-11-19/h4-14,22H,3,15H2,1-2H3,(H,26,28)/t22-/m0/s1. The molecule has 0 saturated carbocycles. The first-order valence-electron chi connectivity index (χ1n) is 10.2. The number of halogens is 1. The number of ether oxygens (including phenoxy) is 1. The topological polar surface area (TPSA) is 75.7 Å². The lowest BCUT2D eigenvalue weighted by Crippen LogP contribution is -2.49. The first-order valence-corrected chi connectivity index (χ1v) is 12.1. The second-order valence-electron chi connectivity index (χ2n) is 7.52. The molecule has 1 aliphatic rings. The number of benzene rings is 3. The molecule has 1 N–H and O–H groups in total. The zero-order chi connectivity index (χ0) is 22.9. The van der Waals surface area contributed by atoms with Crippen molar-refractivity contribution in [3.05, 3.63) is 82.9 Å². The van der Waals surface area contributed by atoms with Gasteiger partial charge in [-0.2, -0.15) is 0 Å². The fourth-order valence-corrected chi connectivity index (χ4v) is 5.37. The lowest BCUT2D eigenvalue weighted by molar-refractivity contribution is -0.122. The Labute approximate surface area is 192 Å². The van der Waals surface area contributed by atoms with E-state index in [0.717, 1.165) is 23.2 Å². The number of carbonyl (C=O) groups excluding carboxylic acids is 1. The summed E-state index contributed by atoms with van der Waals surface area (Å²) in [4.78, 5) is 13.3. The Morgan fingerprint density at radius 3 is 2.59 bits per heavy atom. The van der Waals surface area contributed by atoms with Crippen LogP contribution in [0.5, 0.6) is 5.75 Å². The molecule has 32 heavy (non-hydrogen) atoms. The summed E-state index contributed by atoms with van der Waals surface area (Å²) < 4.78 is 34.0. The van der Waals surface area contributed by atoms with E-state index < -0.39 is 22.0 Å². The third-order valence-corrected chi connectivity index (χ3v) is 7.43. The molecule has 3 aromatic carbocycles. The Morgan fingerprint density at radius 2 is 1.88 bits per heavy atom. The van der Waals surface area contributed by atoms with Crippen molar-refractivity contribution in [1.29, 1.82) is 0 Å². The smallest absolute Gasteiger partial charge is 0.267 e. The number of nitrogens with zero attached hydrogens (tertiary/aromatic N) is 1. The molecule has 0 unspecified atom stereocenters. The van der Waals surface area contributed by atoms with Crippen LogP contribution in [0.25, 0.3) is 0 Å². The predicted molar refractivity (Wildman–Crippen MR) is 126 cm³/mol. The molecule has 0 spiro atoms. The van der Waals surface area contributed by atoms with Crippen molar-refractivity contribution in [3.8, 4) is 5.75 Å². The Bertz CT molecular complexity index is 1260. The first-order chi connectivity index (χ1) is 15.3. The highest BCUT2D eigenvalue weighted by molar-refractivity contribution is 7.92. The highest BCUT2D eigenvalue weighted by atomic mass is 35.5. The van der Waals surface area contributed by atoms with Crippen LogP contribution in [0, 0.1) is 6.92 Å². The molecule has 4 rings (SSSR count). The summed E-state index contributed by atoms with van der Waals surface area (Å²) >= 11 is 6.14. The number of fused-ring (bicyclic) bond motifs is 1. The lowest BCUT2D eigenvalue weighted by atomic mass is 10.1. The second-order valence-corrected chi connectivity index (χ2v) is 9.82. The van der Waals surface area contributed by atoms with Gasteiger partial charge in [0.25, 0.3) is 15.9 Å². The summed E-state index contributed by atoms with van der Waals surface area (Å²) in [5.74, 6) is -0.135. The van der Waals surface area contributed by atoms with E-state index in [0.29, 0.717) is 10.7 Å². The van der Waals surface area contributed by atoms with Gasteiger partial charge in [-0.25, -0.2) is 8.42 Å². The third kappa shape index (κ3) is 4.18. The van der Waals surface area contributed by atoms with Crippen LogP contribution in [0.3, 0.4) is 0 Å². The fourth-order valence-electron chi connectivity index (χ4n) is 3.71. The quantitative estimate of drug-likeness (QED) is 0.580. The van der Waals surface area contributed by atoms with Crippen molar-refractivity contribution in [2.24, 2.45) is 0 Å². The summed E-state index contributed by atoms with van der Waals surface area (Å²) in [6, 6.07) is 18.6. The molecule has 0 fully saturated rings. The summed E-state index contributed by atoms with van der Waals surface area (Å²) in [6.45, 7) is 3.75. The summed E-state index contributed by atoms with van der Waals surface area (Å²) in [5.41, 5.74) is 2.95. The van der Waals surface area contributed by atoms with E-state index >= 15 is 0 Å². The summed E-state index contributed by atoms with van der Waals surface area (Å²) in [7, 11) is -3.94. The molecule has 166 valence electrons. The number of hydrogen-bond donors (Lipinski definition) is 1. The van der Waals surface area contributed by atoms with Crippen LogP contribution in [0.4, 0.5) is 11.4 Å². The van der Waals surface area contributed by atoms with Gasteiger partial charge < -0.3 is 10.1 Å². The number of para-hydroxylation sites is 1. The van der Waals surface area contributed by atoms with Gasteiger partial charge >= 0.3 is 0 Å². The number of nitrogens with one attached hydrogen (secondary N) is 1. The van der Waals surface area contributed by atoms with E-state index in [4.69, 9.17) is 16.3 Å². The van der Waals surface area contributed by atoms with Crippen molar-refractivity contribution in [2.45, 2.75) is 31.3 Å². The predicted octanol–water partition coefficient (Wildman–Crippen LogP) is 4.81. The lowest BCUT2D eigenvalue weighted by Gasteiger charge is -2.35. The van der Waals surface area contributed by atoms with Crippen molar-refractivity contribution in [3.63, 3.8) is 0 Å². The third-order valence-electron chi connectivity index (χ3n) is 5.40. The van der Waals surface area contributed by atoms with Crippen LogP contribution in [-0.2, 0) is 21.2 Å². The van der Waals surface area contributed by atoms with Crippen molar-refractivity contribution in [2.75, 3.05) is 16.2 Å². The van der Waals surface area contributed by atoms with E-state index in [1.54, 1.807) is 30.3 Å². The van der Waals surface area contributed by atoms with E-state index in [1.165, 1.54) is 22.5 Å². The molecule has 6 nitrogen and oxygen atoms in total. The molecule has 1 aliphatic heterocycles. The summed E-state index contributed by atoms with van der Waals surface area (Å²) in [6.07, 6.45) is -0.287. The van der Waals surface area contributed by atoms with E-state index in [1.807, 2.05) is 32.0 Å². The van der Waals surface area contributed by atoms with Crippen LogP contribution in [0.15, 0.2) is 71.6 Å². The monoisotopic (exact) mass is 470 g/mol. The Hall–Kier alpha value is -3.03. The van der Waals surface area contributed by atoms with Crippen LogP contribution in [-0.4, -0.2) is 27.0 Å². The van der Waals surface area contributed by atoms with E-state index in [2.05, 4.69) is 5.32 Å². The molecule has 1 atom stereocenters. The second kappa shape index (κ2) is 8.84. The van der Waals surface area contributed by atoms with Gasteiger partial charge in [0, 0.05) is 10.7 Å². The minimum Gasteiger partial charge on any atom is -0.476 e. The Morgan fingerprint density at radius 1 is 1.12 bits per heavy atom. The van der Waals surface area contributed by atoms with Gasteiger partial charge in [0.05, 0.1) is 17.1 Å². The van der Waals surface area contributed by atoms with Crippen molar-refractivity contribution < 1.29 is 17.9 Å². The minimum atomic E-state index is -3.94. The zero-order valence-electron chi connectivity index (χ0n) is 17.7. The molecule has 8 heteroatoms. The molecule has 0 aliphatic carbocycles. The summed E-state index contributed by atoms with van der Waals surface area (Å²) in [5, 5.41) is 3.31. The molecule has 0 bridgehead atoms. The van der Waals surface area contributed by atoms with Gasteiger partial charge in [-0.05, 0) is 54.8 Å². The number of carbonyl (C=O) groups is 1. The largest absolute Gasteiger partial charge is 0.476 e. The van der Waals surface area contributed by atoms with Crippen LogP contribution >= 0.6 is 11.6 Å². The molecule has 0 saturated heterocycles. The SMILES string of the molecule is CCc1cccc(C)c1NC(=O)[C@@H]1CN(S(=O)(=O)c2ccccc2)c2cc(Cl)ccc2O1. The molecular weight excluding hydrogens is 448 g/mol. The molecular formula is C24H23ClN2O4S. The van der Waals surface area contributed by atoms with Crippen molar-refractivity contribution >= 4 is 38.9 Å². The van der Waals surface area contributed by atoms with Crippen LogP contribution in [0.1, 0.15) is 18.1 Å². The Balaban J connectivity index is 1.71. The number of aryl methyl sites for hydroxylation is 2. The van der Waals surface area contributed by atoms with Gasteiger partial charge in [-0.15, -0.1) is 0 Å². The molecule has 0 aromatic heterocycles. The van der Waals surface area contributed by atoms with E-state index in [-0.39, 0.29) is 17.2 Å². The Kier molecular flexibility index (Phi) is 6.13. The van der Waals surface area contributed by atoms with Gasteiger partial charge in [-0.1, -0.05) is 54.9 Å². The number of hydrogen-bond acceptors (Lipinski definition) is 4. The average Bonchev–Trinajstić information content (AvgIpc) is 2.80. The van der Waals surface area contributed by atoms with Crippen molar-refractivity contribution in [1.82, 2.24) is 0 Å².